The van der Waals surface area contributed by atoms with E-state index in [9.17, 15) is 19.5 Å². The van der Waals surface area contributed by atoms with Crippen LogP contribution in [0.4, 0.5) is 0 Å². The summed E-state index contributed by atoms with van der Waals surface area (Å²) in [5, 5.41) is 11.9. The lowest BCUT2D eigenvalue weighted by Gasteiger charge is -2.26. The minimum absolute atomic E-state index is 0.150. The van der Waals surface area contributed by atoms with Gasteiger partial charge in [-0.15, -0.1) is 0 Å². The zero-order valence-corrected chi connectivity index (χ0v) is 70.4. The molecule has 0 aliphatic carbocycles. The second-order valence-electron chi connectivity index (χ2n) is 32.2. The van der Waals surface area contributed by atoms with Gasteiger partial charge in [0.15, 0.2) is 12.4 Å². The van der Waals surface area contributed by atoms with Crippen molar-refractivity contribution in [3.05, 3.63) is 85.1 Å². The molecule has 0 aliphatic rings. The molecule has 0 aromatic carbocycles. The van der Waals surface area contributed by atoms with Gasteiger partial charge in [0.2, 0.25) is 0 Å². The molecule has 9 nitrogen and oxygen atoms in total. The third kappa shape index (κ3) is 87.6. The fourth-order valence-electron chi connectivity index (χ4n) is 13.7. The highest BCUT2D eigenvalue weighted by atomic mass is 16.7. The van der Waals surface area contributed by atoms with Gasteiger partial charge >= 0.3 is 11.9 Å². The lowest BCUT2D eigenvalue weighted by atomic mass is 10.0. The summed E-state index contributed by atoms with van der Waals surface area (Å²) < 4.78 is 22.9. The number of carbonyl (C=O) groups is 3. The Morgan fingerprint density at radius 3 is 0.810 bits per heavy atom. The first-order valence-electron chi connectivity index (χ1n) is 45.7. The van der Waals surface area contributed by atoms with Crippen LogP contribution < -0.4 is 5.11 Å². The van der Waals surface area contributed by atoms with Crippen LogP contribution >= 0.6 is 0 Å². The maximum atomic E-state index is 13.0. The van der Waals surface area contributed by atoms with E-state index in [1.807, 2.05) is 21.1 Å². The van der Waals surface area contributed by atoms with E-state index in [0.29, 0.717) is 17.4 Å². The van der Waals surface area contributed by atoms with Crippen molar-refractivity contribution in [3.8, 4) is 0 Å². The van der Waals surface area contributed by atoms with Crippen LogP contribution in [-0.4, -0.2) is 82.3 Å². The SMILES string of the molecule is CC/C=C\C/C=C\C/C=C\C/C=C\CCCCCCCCCCCCCCCCCCCCCCCCCCCCCCC(=O)OC(COC(=O)CCCCCCCCCCCCCCCCCCCCCCCCCC/C=C\C/C=C\C/C=C\CCCCCCC)COC(OCC[N+](C)(C)C)C(=O)[O-]. The van der Waals surface area contributed by atoms with E-state index in [1.54, 1.807) is 0 Å². The van der Waals surface area contributed by atoms with Crippen molar-refractivity contribution in [2.45, 2.75) is 463 Å². The number of hydrogen-bond acceptors (Lipinski definition) is 8. The Morgan fingerprint density at radius 1 is 0.295 bits per heavy atom. The highest BCUT2D eigenvalue weighted by molar-refractivity contribution is 5.70. The van der Waals surface area contributed by atoms with Crippen molar-refractivity contribution in [1.29, 1.82) is 0 Å². The molecule has 612 valence electrons. The average Bonchev–Trinajstić information content (AvgIpc) is 1.18. The smallest absolute Gasteiger partial charge is 0.306 e. The van der Waals surface area contributed by atoms with Crippen molar-refractivity contribution in [2.75, 3.05) is 47.5 Å². The predicted molar refractivity (Wildman–Crippen MR) is 454 cm³/mol. The predicted octanol–water partition coefficient (Wildman–Crippen LogP) is 28.7. The van der Waals surface area contributed by atoms with Crippen molar-refractivity contribution in [3.63, 3.8) is 0 Å². The van der Waals surface area contributed by atoms with Crippen LogP contribution in [0.5, 0.6) is 0 Å². The molecule has 0 rings (SSSR count). The van der Waals surface area contributed by atoms with E-state index < -0.39 is 24.3 Å². The molecular weight excluding hydrogens is 1300 g/mol. The van der Waals surface area contributed by atoms with Crippen LogP contribution in [0.15, 0.2) is 85.1 Å². The lowest BCUT2D eigenvalue weighted by molar-refractivity contribution is -0.870. The Bertz CT molecular complexity index is 2010. The number of rotatable bonds is 86. The number of unbranched alkanes of at least 4 members (excludes halogenated alkanes) is 57. The fourth-order valence-corrected chi connectivity index (χ4v) is 13.7. The Kier molecular flexibility index (Phi) is 83.2. The van der Waals surface area contributed by atoms with E-state index in [-0.39, 0.29) is 32.2 Å². The first kappa shape index (κ1) is 101. The van der Waals surface area contributed by atoms with Gasteiger partial charge in [0.05, 0.1) is 40.3 Å². The van der Waals surface area contributed by atoms with E-state index in [4.69, 9.17) is 18.9 Å². The molecule has 0 aromatic rings. The van der Waals surface area contributed by atoms with Crippen LogP contribution in [0, 0.1) is 0 Å². The first-order chi connectivity index (χ1) is 51.6. The quantitative estimate of drug-likeness (QED) is 0.0195. The molecular formula is C96H175NO8. The Hall–Kier alpha value is -3.53. The number of hydrogen-bond donors (Lipinski definition) is 0. The van der Waals surface area contributed by atoms with E-state index in [1.165, 1.54) is 347 Å². The van der Waals surface area contributed by atoms with Gasteiger partial charge in [0, 0.05) is 12.8 Å². The van der Waals surface area contributed by atoms with Gasteiger partial charge in [-0.3, -0.25) is 9.59 Å². The molecule has 0 heterocycles. The number of nitrogens with zero attached hydrogens (tertiary/aromatic N) is 1. The number of likely N-dealkylation sites (N-methyl/N-ethyl adjacent to an activating group) is 1. The number of allylic oxidation sites excluding steroid dienone is 14. The van der Waals surface area contributed by atoms with Crippen LogP contribution in [0.2, 0.25) is 0 Å². The van der Waals surface area contributed by atoms with Crippen LogP contribution in [0.1, 0.15) is 450 Å². The summed E-state index contributed by atoms with van der Waals surface area (Å²) in [4.78, 5) is 37.7. The third-order valence-corrected chi connectivity index (χ3v) is 20.6. The minimum atomic E-state index is -1.62. The summed E-state index contributed by atoms with van der Waals surface area (Å²) in [6.45, 7) is 4.70. The number of aliphatic carboxylic acids is 1. The summed E-state index contributed by atoms with van der Waals surface area (Å²) in [7, 11) is 5.96. The summed E-state index contributed by atoms with van der Waals surface area (Å²) in [5.74, 6) is -2.25. The maximum Gasteiger partial charge on any atom is 0.306 e. The fraction of sp³-hybridized carbons (Fsp3) is 0.823. The van der Waals surface area contributed by atoms with Crippen molar-refractivity contribution >= 4 is 17.9 Å². The normalized spacial score (nSPS) is 13.0. The highest BCUT2D eigenvalue weighted by Crippen LogP contribution is 2.21. The first-order valence-corrected chi connectivity index (χ1v) is 45.7. The molecule has 0 spiro atoms. The molecule has 0 amide bonds. The summed E-state index contributed by atoms with van der Waals surface area (Å²) >= 11 is 0. The molecule has 0 fully saturated rings. The summed E-state index contributed by atoms with van der Waals surface area (Å²) in [6.07, 6.45) is 116. The minimum Gasteiger partial charge on any atom is -0.545 e. The molecule has 0 saturated carbocycles. The number of esters is 2. The second kappa shape index (κ2) is 86.1. The number of carboxylic acid groups (broad SMARTS) is 1. The molecule has 0 saturated heterocycles. The molecule has 9 heteroatoms. The molecule has 2 atom stereocenters. The Morgan fingerprint density at radius 2 is 0.543 bits per heavy atom. The number of carbonyl (C=O) groups excluding carboxylic acids is 3. The molecule has 2 unspecified atom stereocenters. The molecule has 0 bridgehead atoms. The maximum absolute atomic E-state index is 13.0. The third-order valence-electron chi connectivity index (χ3n) is 20.6. The Labute approximate surface area is 652 Å². The van der Waals surface area contributed by atoms with Gasteiger partial charge in [0.1, 0.15) is 13.2 Å². The van der Waals surface area contributed by atoms with Crippen LogP contribution in [-0.2, 0) is 33.3 Å². The standard InChI is InChI=1S/C96H175NO8/c1-6-8-10-12-14-16-18-20-22-24-26-28-30-32-34-36-38-40-42-44-46-47-49-51-53-55-57-59-61-63-65-67-69-71-73-75-77-79-81-83-85-87-94(99)105-92(91-104-96(95(100)101)102-89-88-97(3,4)5)90-103-93(98)86-84-82-80-78-76-74-72-70-68-66-64-62-60-58-56-54-52-50-48-45-43-41-39-37-35-33-31-29-27-25-23-21-19-17-15-13-11-9-7-2/h8,10,14,16,19-22,25-28,31,33,92,96H,6-7,9,11-13,15,17-18,23-24,29-30,32,34-91H2,1-5H3/b10-8-,16-14-,21-19-,22-20-,27-25-,28-26-,33-31-. The van der Waals surface area contributed by atoms with Gasteiger partial charge in [-0.05, 0) is 89.9 Å². The second-order valence-corrected chi connectivity index (χ2v) is 32.2. The van der Waals surface area contributed by atoms with Gasteiger partial charge in [-0.25, -0.2) is 0 Å². The van der Waals surface area contributed by atoms with Crippen LogP contribution in [0.3, 0.4) is 0 Å². The van der Waals surface area contributed by atoms with Gasteiger partial charge in [0.25, 0.3) is 0 Å². The molecule has 0 radical (unpaired) electrons. The number of carboxylic acids is 1. The monoisotopic (exact) mass is 1470 g/mol. The number of ether oxygens (including phenoxy) is 4. The summed E-state index contributed by atoms with van der Waals surface area (Å²) in [5.41, 5.74) is 0. The van der Waals surface area contributed by atoms with Crippen molar-refractivity contribution in [1.82, 2.24) is 0 Å². The average molecular weight is 1470 g/mol. The highest BCUT2D eigenvalue weighted by Gasteiger charge is 2.22. The van der Waals surface area contributed by atoms with Gasteiger partial charge in [-0.2, -0.15) is 0 Å². The van der Waals surface area contributed by atoms with Crippen LogP contribution in [0.25, 0.3) is 0 Å². The zero-order chi connectivity index (χ0) is 76.0. The topological polar surface area (TPSA) is 111 Å². The molecule has 105 heavy (non-hydrogen) atoms. The van der Waals surface area contributed by atoms with Crippen molar-refractivity contribution < 1.29 is 42.9 Å². The van der Waals surface area contributed by atoms with E-state index in [2.05, 4.69) is 98.9 Å². The van der Waals surface area contributed by atoms with E-state index >= 15 is 0 Å². The largest absolute Gasteiger partial charge is 0.545 e. The molecule has 0 aromatic heterocycles. The molecule has 0 N–H and O–H groups in total. The summed E-state index contributed by atoms with van der Waals surface area (Å²) in [6, 6.07) is 0. The zero-order valence-electron chi connectivity index (χ0n) is 70.4. The van der Waals surface area contributed by atoms with Gasteiger partial charge in [-0.1, -0.05) is 433 Å². The lowest BCUT2D eigenvalue weighted by Crippen LogP contribution is -2.44. The number of quaternary nitrogens is 1. The van der Waals surface area contributed by atoms with Crippen molar-refractivity contribution in [2.24, 2.45) is 0 Å². The van der Waals surface area contributed by atoms with Gasteiger partial charge < -0.3 is 33.3 Å². The Balaban J connectivity index is 3.89. The van der Waals surface area contributed by atoms with E-state index in [0.717, 1.165) is 77.0 Å². The molecule has 0 aliphatic heterocycles.